The molecule has 1 aromatic carbocycles. The van der Waals surface area contributed by atoms with Gasteiger partial charge in [0.2, 0.25) is 0 Å². The van der Waals surface area contributed by atoms with Gasteiger partial charge in [0, 0.05) is 50.5 Å². The van der Waals surface area contributed by atoms with Crippen LogP contribution < -0.4 is 15.5 Å². The van der Waals surface area contributed by atoms with Crippen LogP contribution in [0.5, 0.6) is 0 Å². The number of hydrogen-bond acceptors (Lipinski definition) is 4. The summed E-state index contributed by atoms with van der Waals surface area (Å²) in [5, 5.41) is 7.10. The molecule has 7 heteroatoms. The minimum atomic E-state index is 0. The number of morpholine rings is 1. The van der Waals surface area contributed by atoms with E-state index in [0.717, 1.165) is 51.4 Å². The van der Waals surface area contributed by atoms with Crippen LogP contribution in [0, 0.1) is 0 Å². The Balaban J connectivity index is 0.00000256. The van der Waals surface area contributed by atoms with Crippen molar-refractivity contribution in [1.82, 2.24) is 15.5 Å². The predicted octanol–water partition coefficient (Wildman–Crippen LogP) is 3.21. The summed E-state index contributed by atoms with van der Waals surface area (Å²) >= 11 is 0. The maximum atomic E-state index is 5.45. The van der Waals surface area contributed by atoms with Crippen LogP contribution in [-0.4, -0.2) is 68.9 Å². The van der Waals surface area contributed by atoms with Crippen molar-refractivity contribution in [2.24, 2.45) is 4.99 Å². The van der Waals surface area contributed by atoms with Gasteiger partial charge in [0.25, 0.3) is 0 Å². The van der Waals surface area contributed by atoms with E-state index in [-0.39, 0.29) is 24.0 Å². The molecule has 2 heterocycles. The molecule has 3 aliphatic rings. The number of nitrogens with zero attached hydrogens (tertiary/aromatic N) is 3. The van der Waals surface area contributed by atoms with E-state index < -0.39 is 0 Å². The minimum Gasteiger partial charge on any atom is -0.378 e. The predicted molar refractivity (Wildman–Crippen MR) is 135 cm³/mol. The van der Waals surface area contributed by atoms with Gasteiger partial charge in [-0.1, -0.05) is 25.0 Å². The van der Waals surface area contributed by atoms with E-state index in [4.69, 9.17) is 9.73 Å². The average molecular weight is 527 g/mol. The molecule has 168 valence electrons. The zero-order chi connectivity index (χ0) is 19.9. The van der Waals surface area contributed by atoms with Crippen LogP contribution in [0.15, 0.2) is 29.3 Å². The highest BCUT2D eigenvalue weighted by Gasteiger charge is 2.30. The molecule has 0 aromatic heterocycles. The Labute approximate surface area is 198 Å². The molecule has 2 aliphatic heterocycles. The normalized spacial score (nSPS) is 23.4. The summed E-state index contributed by atoms with van der Waals surface area (Å²) in [5.41, 5.74) is 2.53. The Kier molecular flexibility index (Phi) is 9.52. The first kappa shape index (κ1) is 23.6. The van der Waals surface area contributed by atoms with Crippen molar-refractivity contribution < 1.29 is 4.74 Å². The molecule has 4 rings (SSSR count). The second-order valence-electron chi connectivity index (χ2n) is 8.52. The second-order valence-corrected chi connectivity index (χ2v) is 8.52. The molecule has 2 saturated heterocycles. The van der Waals surface area contributed by atoms with Crippen LogP contribution in [0.1, 0.15) is 44.6 Å². The van der Waals surface area contributed by atoms with Gasteiger partial charge < -0.3 is 20.3 Å². The summed E-state index contributed by atoms with van der Waals surface area (Å²) in [6.45, 7) is 9.71. The van der Waals surface area contributed by atoms with E-state index in [0.29, 0.717) is 12.6 Å². The summed E-state index contributed by atoms with van der Waals surface area (Å²) in [6.07, 6.45) is 6.82. The number of rotatable bonds is 6. The number of anilines is 1. The van der Waals surface area contributed by atoms with Gasteiger partial charge >= 0.3 is 0 Å². The standard InChI is InChI=1S/C23H37N5O.HI/c1-2-24-23(26-20-11-12-28(18-20)21-5-3-4-6-21)25-17-19-7-9-22(10-8-19)27-13-15-29-16-14-27;/h7-10,20-21H,2-6,11-18H2,1H3,(H2,24,25,26);1H. The Morgan fingerprint density at radius 3 is 2.50 bits per heavy atom. The summed E-state index contributed by atoms with van der Waals surface area (Å²) in [7, 11) is 0. The summed E-state index contributed by atoms with van der Waals surface area (Å²) < 4.78 is 5.45. The summed E-state index contributed by atoms with van der Waals surface area (Å²) in [6, 6.07) is 10.2. The van der Waals surface area contributed by atoms with E-state index in [1.165, 1.54) is 49.9 Å². The molecular formula is C23H38IN5O. The van der Waals surface area contributed by atoms with Crippen molar-refractivity contribution in [3.63, 3.8) is 0 Å². The van der Waals surface area contributed by atoms with E-state index in [9.17, 15) is 0 Å². The van der Waals surface area contributed by atoms with Crippen molar-refractivity contribution in [3.05, 3.63) is 29.8 Å². The van der Waals surface area contributed by atoms with Gasteiger partial charge in [-0.2, -0.15) is 0 Å². The summed E-state index contributed by atoms with van der Waals surface area (Å²) in [4.78, 5) is 9.93. The number of benzene rings is 1. The fourth-order valence-corrected chi connectivity index (χ4v) is 4.82. The van der Waals surface area contributed by atoms with Crippen molar-refractivity contribution in [1.29, 1.82) is 0 Å². The molecule has 1 atom stereocenters. The molecule has 2 N–H and O–H groups in total. The molecule has 1 aliphatic carbocycles. The monoisotopic (exact) mass is 527 g/mol. The third-order valence-electron chi connectivity index (χ3n) is 6.48. The Bertz CT molecular complexity index is 656. The quantitative estimate of drug-likeness (QED) is 0.338. The van der Waals surface area contributed by atoms with E-state index in [1.807, 2.05) is 0 Å². The fourth-order valence-electron chi connectivity index (χ4n) is 4.82. The second kappa shape index (κ2) is 12.1. The molecule has 1 unspecified atom stereocenters. The third-order valence-corrected chi connectivity index (χ3v) is 6.48. The lowest BCUT2D eigenvalue weighted by molar-refractivity contribution is 0.122. The highest BCUT2D eigenvalue weighted by atomic mass is 127. The van der Waals surface area contributed by atoms with E-state index >= 15 is 0 Å². The molecule has 3 fully saturated rings. The van der Waals surface area contributed by atoms with Crippen LogP contribution in [-0.2, 0) is 11.3 Å². The van der Waals surface area contributed by atoms with Gasteiger partial charge in [0.05, 0.1) is 19.8 Å². The average Bonchev–Trinajstić information content (AvgIpc) is 3.45. The first-order chi connectivity index (χ1) is 14.3. The van der Waals surface area contributed by atoms with Gasteiger partial charge in [0.15, 0.2) is 5.96 Å². The van der Waals surface area contributed by atoms with Gasteiger partial charge in [0.1, 0.15) is 0 Å². The maximum absolute atomic E-state index is 5.45. The number of nitrogens with one attached hydrogen (secondary N) is 2. The largest absolute Gasteiger partial charge is 0.378 e. The van der Waals surface area contributed by atoms with Crippen LogP contribution in [0.2, 0.25) is 0 Å². The minimum absolute atomic E-state index is 0. The first-order valence-corrected chi connectivity index (χ1v) is 11.5. The number of hydrogen-bond donors (Lipinski definition) is 2. The van der Waals surface area contributed by atoms with Crippen LogP contribution in [0.3, 0.4) is 0 Å². The lowest BCUT2D eigenvalue weighted by Crippen LogP contribution is -2.45. The van der Waals surface area contributed by atoms with Crippen LogP contribution in [0.4, 0.5) is 5.69 Å². The van der Waals surface area contributed by atoms with Crippen LogP contribution in [0.25, 0.3) is 0 Å². The van der Waals surface area contributed by atoms with E-state index in [2.05, 4.69) is 51.6 Å². The van der Waals surface area contributed by atoms with Crippen molar-refractivity contribution in [3.8, 4) is 0 Å². The molecule has 0 amide bonds. The Morgan fingerprint density at radius 2 is 1.80 bits per heavy atom. The van der Waals surface area contributed by atoms with Crippen molar-refractivity contribution >= 4 is 35.6 Å². The van der Waals surface area contributed by atoms with Gasteiger partial charge in [-0.3, -0.25) is 4.90 Å². The topological polar surface area (TPSA) is 52.1 Å². The maximum Gasteiger partial charge on any atom is 0.191 e. The molecular weight excluding hydrogens is 489 g/mol. The number of ether oxygens (including phenoxy) is 1. The molecule has 1 aromatic rings. The highest BCUT2D eigenvalue weighted by Crippen LogP contribution is 2.26. The summed E-state index contributed by atoms with van der Waals surface area (Å²) in [5.74, 6) is 0.947. The van der Waals surface area contributed by atoms with E-state index in [1.54, 1.807) is 0 Å². The van der Waals surface area contributed by atoms with Crippen molar-refractivity contribution in [2.75, 3.05) is 50.8 Å². The van der Waals surface area contributed by atoms with Gasteiger partial charge in [-0.25, -0.2) is 4.99 Å². The molecule has 30 heavy (non-hydrogen) atoms. The van der Waals surface area contributed by atoms with Crippen molar-refractivity contribution in [2.45, 2.75) is 57.7 Å². The number of guanidine groups is 1. The number of aliphatic imine (C=N–C) groups is 1. The zero-order valence-corrected chi connectivity index (χ0v) is 20.6. The van der Waals surface area contributed by atoms with Gasteiger partial charge in [-0.15, -0.1) is 24.0 Å². The lowest BCUT2D eigenvalue weighted by Gasteiger charge is -2.28. The third kappa shape index (κ3) is 6.47. The Morgan fingerprint density at radius 1 is 1.07 bits per heavy atom. The SMILES string of the molecule is CCNC(=NCc1ccc(N2CCOCC2)cc1)NC1CCN(C2CCCC2)C1.I. The highest BCUT2D eigenvalue weighted by molar-refractivity contribution is 14.0. The molecule has 1 saturated carbocycles. The number of halogens is 1. The van der Waals surface area contributed by atoms with Gasteiger partial charge in [-0.05, 0) is 43.9 Å². The smallest absolute Gasteiger partial charge is 0.191 e. The first-order valence-electron chi connectivity index (χ1n) is 11.5. The number of likely N-dealkylation sites (tertiary alicyclic amines) is 1. The lowest BCUT2D eigenvalue weighted by atomic mass is 10.2. The molecule has 0 bridgehead atoms. The molecule has 6 nitrogen and oxygen atoms in total. The fraction of sp³-hybridized carbons (Fsp3) is 0.696. The van der Waals surface area contributed by atoms with Crippen LogP contribution >= 0.6 is 24.0 Å². The molecule has 0 radical (unpaired) electrons. The zero-order valence-electron chi connectivity index (χ0n) is 18.3. The molecule has 0 spiro atoms. The Hall–Kier alpha value is -1.06.